The molecule has 154 valence electrons. The zero-order valence-corrected chi connectivity index (χ0v) is 17.2. The molecular formula is C23H20FN2O3S-. The number of thiophene rings is 1. The van der Waals surface area contributed by atoms with E-state index in [1.807, 2.05) is 23.6 Å². The van der Waals surface area contributed by atoms with Crippen molar-refractivity contribution in [1.82, 2.24) is 9.88 Å². The Hall–Kier alpha value is -3.16. The van der Waals surface area contributed by atoms with Crippen LogP contribution >= 0.6 is 11.3 Å². The molecule has 0 bridgehead atoms. The molecule has 1 N–H and O–H groups in total. The summed E-state index contributed by atoms with van der Waals surface area (Å²) in [6, 6.07) is 15.7. The number of benzene rings is 2. The summed E-state index contributed by atoms with van der Waals surface area (Å²) in [5.74, 6) is -1.09. The molecule has 0 saturated heterocycles. The number of halogens is 1. The van der Waals surface area contributed by atoms with E-state index in [9.17, 15) is 14.3 Å². The third-order valence-corrected chi connectivity index (χ3v) is 5.91. The highest BCUT2D eigenvalue weighted by Crippen LogP contribution is 2.31. The molecule has 30 heavy (non-hydrogen) atoms. The predicted octanol–water partition coefficient (Wildman–Crippen LogP) is 3.55. The number of aromatic nitrogens is 1. The maximum absolute atomic E-state index is 14.3. The van der Waals surface area contributed by atoms with Crippen LogP contribution in [0.2, 0.25) is 0 Å². The molecule has 0 aliphatic rings. The Morgan fingerprint density at radius 3 is 2.70 bits per heavy atom. The summed E-state index contributed by atoms with van der Waals surface area (Å²) in [4.78, 5) is 13.3. The van der Waals surface area contributed by atoms with Gasteiger partial charge in [0.15, 0.2) is 0 Å². The molecule has 0 spiro atoms. The van der Waals surface area contributed by atoms with Gasteiger partial charge < -0.3 is 24.5 Å². The first-order valence-electron chi connectivity index (χ1n) is 9.45. The smallest absolute Gasteiger partial charge is 0.128 e. The van der Waals surface area contributed by atoms with Gasteiger partial charge in [-0.15, -0.1) is 11.3 Å². The number of nitrogens with one attached hydrogen (secondary N) is 1. The minimum absolute atomic E-state index is 0.0418. The number of hydrogen-bond donors (Lipinski definition) is 1. The van der Waals surface area contributed by atoms with Gasteiger partial charge in [-0.3, -0.25) is 0 Å². The van der Waals surface area contributed by atoms with Crippen molar-refractivity contribution < 1.29 is 19.0 Å². The normalized spacial score (nSPS) is 11.1. The van der Waals surface area contributed by atoms with Crippen LogP contribution < -0.4 is 15.2 Å². The molecule has 0 saturated carbocycles. The summed E-state index contributed by atoms with van der Waals surface area (Å²) in [6.45, 7) is 1.04. The number of nitrogens with zero attached hydrogens (tertiary/aromatic N) is 1. The molecule has 0 unspecified atom stereocenters. The highest BCUT2D eigenvalue weighted by Gasteiger charge is 2.19. The number of carboxylic acid groups (broad SMARTS) is 1. The van der Waals surface area contributed by atoms with Crippen molar-refractivity contribution in [3.05, 3.63) is 87.5 Å². The summed E-state index contributed by atoms with van der Waals surface area (Å²) in [7, 11) is 1.55. The monoisotopic (exact) mass is 423 g/mol. The average molecular weight is 423 g/mol. The van der Waals surface area contributed by atoms with Crippen LogP contribution in [-0.4, -0.2) is 17.6 Å². The lowest BCUT2D eigenvalue weighted by atomic mass is 10.1. The van der Waals surface area contributed by atoms with Gasteiger partial charge in [0.1, 0.15) is 11.6 Å². The van der Waals surface area contributed by atoms with E-state index in [0.717, 1.165) is 10.3 Å². The largest absolute Gasteiger partial charge is 0.543 e. The second-order valence-electron chi connectivity index (χ2n) is 6.86. The van der Waals surface area contributed by atoms with Gasteiger partial charge in [0.25, 0.3) is 0 Å². The van der Waals surface area contributed by atoms with E-state index in [2.05, 4.69) is 5.32 Å². The first kappa shape index (κ1) is 20.1. The van der Waals surface area contributed by atoms with Crippen LogP contribution in [0.15, 0.2) is 60.0 Å². The summed E-state index contributed by atoms with van der Waals surface area (Å²) in [6.07, 6.45) is 0. The molecule has 0 fully saturated rings. The molecule has 5 nitrogen and oxygen atoms in total. The van der Waals surface area contributed by atoms with E-state index in [-0.39, 0.29) is 18.1 Å². The lowest BCUT2D eigenvalue weighted by molar-refractivity contribution is -0.255. The Balaban J connectivity index is 1.80. The second kappa shape index (κ2) is 8.69. The molecule has 0 amide bonds. The van der Waals surface area contributed by atoms with E-state index in [1.54, 1.807) is 53.3 Å². The Kier molecular flexibility index (Phi) is 5.83. The number of rotatable bonds is 8. The summed E-state index contributed by atoms with van der Waals surface area (Å²) < 4.78 is 21.2. The highest BCUT2D eigenvalue weighted by atomic mass is 32.1. The molecule has 4 rings (SSSR count). The van der Waals surface area contributed by atoms with Gasteiger partial charge in [-0.1, -0.05) is 24.3 Å². The van der Waals surface area contributed by atoms with Crippen molar-refractivity contribution in [3.63, 3.8) is 0 Å². The van der Waals surface area contributed by atoms with Crippen LogP contribution in [0.25, 0.3) is 10.9 Å². The van der Waals surface area contributed by atoms with Crippen molar-refractivity contribution in [3.8, 4) is 5.75 Å². The van der Waals surface area contributed by atoms with Crippen molar-refractivity contribution in [2.24, 2.45) is 0 Å². The number of ether oxygens (including phenoxy) is 1. The van der Waals surface area contributed by atoms with Gasteiger partial charge in [0.05, 0.1) is 30.8 Å². The van der Waals surface area contributed by atoms with E-state index in [0.29, 0.717) is 35.5 Å². The van der Waals surface area contributed by atoms with Crippen LogP contribution in [0.1, 0.15) is 26.5 Å². The maximum Gasteiger partial charge on any atom is 0.128 e. The fraction of sp³-hybridized carbons (Fsp3) is 0.174. The fourth-order valence-corrected chi connectivity index (χ4v) is 4.30. The van der Waals surface area contributed by atoms with Crippen LogP contribution in [-0.2, 0) is 19.6 Å². The number of carbonyl (C=O) groups is 1. The number of fused-ring (bicyclic) bond motifs is 1. The van der Waals surface area contributed by atoms with Crippen molar-refractivity contribution in [2.45, 2.75) is 19.6 Å². The molecule has 4 aromatic rings. The minimum atomic E-state index is -1.30. The Morgan fingerprint density at radius 1 is 1.17 bits per heavy atom. The SMILES string of the molecule is COc1ccc2c(CNCc3cccs3)c(C(=O)[O-])n(Cc3ccccc3F)c2c1. The van der Waals surface area contributed by atoms with Crippen molar-refractivity contribution in [1.29, 1.82) is 0 Å². The summed E-state index contributed by atoms with van der Waals surface area (Å²) in [5.41, 5.74) is 1.71. The molecule has 2 aromatic carbocycles. The zero-order chi connectivity index (χ0) is 21.1. The lowest BCUT2D eigenvalue weighted by Crippen LogP contribution is -2.28. The van der Waals surface area contributed by atoms with Gasteiger partial charge >= 0.3 is 0 Å². The second-order valence-corrected chi connectivity index (χ2v) is 7.89. The van der Waals surface area contributed by atoms with Gasteiger partial charge in [0, 0.05) is 40.5 Å². The average Bonchev–Trinajstić information content (AvgIpc) is 3.36. The highest BCUT2D eigenvalue weighted by molar-refractivity contribution is 7.09. The third kappa shape index (κ3) is 3.94. The molecule has 0 radical (unpaired) electrons. The third-order valence-electron chi connectivity index (χ3n) is 5.04. The van der Waals surface area contributed by atoms with Crippen LogP contribution in [0.3, 0.4) is 0 Å². The van der Waals surface area contributed by atoms with Gasteiger partial charge in [0.2, 0.25) is 0 Å². The molecule has 0 aliphatic carbocycles. The van der Waals surface area contributed by atoms with E-state index < -0.39 is 5.97 Å². The fourth-order valence-electron chi connectivity index (χ4n) is 3.63. The van der Waals surface area contributed by atoms with E-state index in [1.165, 1.54) is 6.07 Å². The number of methoxy groups -OCH3 is 1. The molecule has 0 aliphatic heterocycles. The predicted molar refractivity (Wildman–Crippen MR) is 113 cm³/mol. The zero-order valence-electron chi connectivity index (χ0n) is 16.4. The molecule has 0 atom stereocenters. The Bertz CT molecular complexity index is 1180. The number of aromatic carboxylic acids is 1. The topological polar surface area (TPSA) is 66.3 Å². The number of hydrogen-bond acceptors (Lipinski definition) is 5. The molecule has 2 aromatic heterocycles. The van der Waals surface area contributed by atoms with Crippen molar-refractivity contribution >= 4 is 28.2 Å². The van der Waals surface area contributed by atoms with Crippen LogP contribution in [0.4, 0.5) is 4.39 Å². The summed E-state index contributed by atoms with van der Waals surface area (Å²) >= 11 is 1.63. The first-order chi connectivity index (χ1) is 14.6. The van der Waals surface area contributed by atoms with Gasteiger partial charge in [-0.25, -0.2) is 4.39 Å². The standard InChI is InChI=1S/C23H21FN2O3S/c1-29-16-8-9-18-19(13-25-12-17-6-4-10-30-17)22(23(27)28)26(21(18)11-16)14-15-5-2-3-7-20(15)24/h2-11,25H,12-14H2,1H3,(H,27,28)/p-1. The number of carbonyl (C=O) groups excluding carboxylic acids is 1. The first-order valence-corrected chi connectivity index (χ1v) is 10.3. The lowest BCUT2D eigenvalue weighted by Gasteiger charge is -2.14. The van der Waals surface area contributed by atoms with E-state index >= 15 is 0 Å². The van der Waals surface area contributed by atoms with Crippen molar-refractivity contribution in [2.75, 3.05) is 7.11 Å². The summed E-state index contributed by atoms with van der Waals surface area (Å²) in [5, 5.41) is 18.2. The molecule has 2 heterocycles. The Labute approximate surface area is 177 Å². The Morgan fingerprint density at radius 2 is 2.00 bits per heavy atom. The molecular weight excluding hydrogens is 403 g/mol. The minimum Gasteiger partial charge on any atom is -0.543 e. The van der Waals surface area contributed by atoms with Crippen LogP contribution in [0, 0.1) is 5.82 Å². The van der Waals surface area contributed by atoms with Gasteiger partial charge in [-0.05, 0) is 29.6 Å². The van der Waals surface area contributed by atoms with E-state index in [4.69, 9.17) is 4.74 Å². The molecule has 7 heteroatoms. The quantitative estimate of drug-likeness (QED) is 0.471. The van der Waals surface area contributed by atoms with Gasteiger partial charge in [-0.2, -0.15) is 0 Å². The maximum atomic E-state index is 14.3. The van der Waals surface area contributed by atoms with Crippen LogP contribution in [0.5, 0.6) is 5.75 Å². The number of carboxylic acids is 1.